The summed E-state index contributed by atoms with van der Waals surface area (Å²) in [5.41, 5.74) is 5.46. The summed E-state index contributed by atoms with van der Waals surface area (Å²) < 4.78 is 0. The molecule has 0 radical (unpaired) electrons. The van der Waals surface area contributed by atoms with Gasteiger partial charge >= 0.3 is 0 Å². The van der Waals surface area contributed by atoms with E-state index in [0.29, 0.717) is 18.4 Å². The van der Waals surface area contributed by atoms with Crippen LogP contribution in [0.1, 0.15) is 39.0 Å². The fraction of sp³-hybridized carbons (Fsp3) is 0.909. The summed E-state index contributed by atoms with van der Waals surface area (Å²) in [5, 5.41) is 24.2. The Kier molecular flexibility index (Phi) is 5.55. The number of nitrogens with one attached hydrogen (secondary N) is 1. The van der Waals surface area contributed by atoms with E-state index < -0.39 is 0 Å². The van der Waals surface area contributed by atoms with Gasteiger partial charge < -0.3 is 21.4 Å². The van der Waals surface area contributed by atoms with Crippen LogP contribution in [-0.4, -0.2) is 34.8 Å². The molecule has 5 nitrogen and oxygen atoms in total. The lowest BCUT2D eigenvalue weighted by molar-refractivity contribution is 0.147. The highest BCUT2D eigenvalue weighted by Crippen LogP contribution is 2.24. The quantitative estimate of drug-likeness (QED) is 0.241. The molecule has 1 aliphatic rings. The molecule has 0 bridgehead atoms. The minimum Gasteiger partial charge on any atom is -0.409 e. The molecule has 0 heterocycles. The lowest BCUT2D eigenvalue weighted by atomic mass is 9.84. The second-order valence-electron chi connectivity index (χ2n) is 4.70. The maximum Gasteiger partial charge on any atom is 0.140 e. The molecule has 1 aliphatic carbocycles. The van der Waals surface area contributed by atoms with Crippen LogP contribution in [0.2, 0.25) is 0 Å². The predicted octanol–water partition coefficient (Wildman–Crippen LogP) is 0.652. The average Bonchev–Trinajstić information content (AvgIpc) is 2.29. The molecule has 94 valence electrons. The van der Waals surface area contributed by atoms with Gasteiger partial charge in [-0.15, -0.1) is 0 Å². The van der Waals surface area contributed by atoms with Crippen molar-refractivity contribution in [1.82, 2.24) is 5.32 Å². The summed E-state index contributed by atoms with van der Waals surface area (Å²) in [6.07, 6.45) is 5.14. The Hall–Kier alpha value is -0.810. The Bertz CT molecular complexity index is 233. The van der Waals surface area contributed by atoms with E-state index in [-0.39, 0.29) is 18.5 Å². The SMILES string of the molecule is CC(CC(N)=NO)NC1CCCCC1CO. The molecule has 1 rings (SSSR count). The normalized spacial score (nSPS) is 29.0. The number of aliphatic hydroxyl groups excluding tert-OH is 1. The Morgan fingerprint density at radius 3 is 2.81 bits per heavy atom. The predicted molar refractivity (Wildman–Crippen MR) is 63.5 cm³/mol. The second kappa shape index (κ2) is 6.70. The number of nitrogens with two attached hydrogens (primary N) is 1. The molecule has 3 unspecified atom stereocenters. The van der Waals surface area contributed by atoms with Crippen molar-refractivity contribution in [2.45, 2.75) is 51.1 Å². The van der Waals surface area contributed by atoms with Crippen LogP contribution in [-0.2, 0) is 0 Å². The highest BCUT2D eigenvalue weighted by molar-refractivity contribution is 5.80. The van der Waals surface area contributed by atoms with Crippen molar-refractivity contribution < 1.29 is 10.3 Å². The molecule has 5 heteroatoms. The fourth-order valence-corrected chi connectivity index (χ4v) is 2.42. The van der Waals surface area contributed by atoms with E-state index in [1.807, 2.05) is 6.92 Å². The molecule has 0 saturated heterocycles. The highest BCUT2D eigenvalue weighted by atomic mass is 16.4. The third kappa shape index (κ3) is 3.98. The molecule has 1 saturated carbocycles. The molecular formula is C11H23N3O2. The van der Waals surface area contributed by atoms with Crippen LogP contribution in [0.25, 0.3) is 0 Å². The van der Waals surface area contributed by atoms with Gasteiger partial charge in [0.1, 0.15) is 5.84 Å². The standard InChI is InChI=1S/C11H23N3O2/c1-8(6-11(12)14-16)13-10-5-3-2-4-9(10)7-15/h8-10,13,15-16H,2-7H2,1H3,(H2,12,14). The minimum atomic E-state index is 0.174. The van der Waals surface area contributed by atoms with Crippen LogP contribution in [0, 0.1) is 5.92 Å². The number of rotatable bonds is 5. The monoisotopic (exact) mass is 229 g/mol. The molecular weight excluding hydrogens is 206 g/mol. The van der Waals surface area contributed by atoms with E-state index in [1.165, 1.54) is 12.8 Å². The first kappa shape index (κ1) is 13.3. The topological polar surface area (TPSA) is 90.9 Å². The number of oxime groups is 1. The maximum absolute atomic E-state index is 9.27. The molecule has 1 fully saturated rings. The lowest BCUT2D eigenvalue weighted by Crippen LogP contribution is -2.45. The van der Waals surface area contributed by atoms with Gasteiger partial charge in [0.15, 0.2) is 0 Å². The van der Waals surface area contributed by atoms with Crippen molar-refractivity contribution >= 4 is 5.84 Å². The van der Waals surface area contributed by atoms with Crippen LogP contribution in [0.5, 0.6) is 0 Å². The average molecular weight is 229 g/mol. The minimum absolute atomic E-state index is 0.174. The third-order valence-corrected chi connectivity index (χ3v) is 3.29. The number of hydrogen-bond donors (Lipinski definition) is 4. The largest absolute Gasteiger partial charge is 0.409 e. The van der Waals surface area contributed by atoms with Crippen molar-refractivity contribution in [2.75, 3.05) is 6.61 Å². The zero-order valence-corrected chi connectivity index (χ0v) is 9.89. The summed E-state index contributed by atoms with van der Waals surface area (Å²) in [5.74, 6) is 0.597. The summed E-state index contributed by atoms with van der Waals surface area (Å²) in [4.78, 5) is 0. The molecule has 0 aromatic carbocycles. The van der Waals surface area contributed by atoms with Gasteiger partial charge in [-0.2, -0.15) is 0 Å². The van der Waals surface area contributed by atoms with Crippen molar-refractivity contribution in [3.05, 3.63) is 0 Å². The Morgan fingerprint density at radius 2 is 2.19 bits per heavy atom. The molecule has 3 atom stereocenters. The number of amidine groups is 1. The van der Waals surface area contributed by atoms with E-state index in [0.717, 1.165) is 12.8 Å². The molecule has 5 N–H and O–H groups in total. The summed E-state index contributed by atoms with van der Waals surface area (Å²) >= 11 is 0. The van der Waals surface area contributed by atoms with E-state index in [4.69, 9.17) is 10.9 Å². The zero-order valence-electron chi connectivity index (χ0n) is 9.89. The third-order valence-electron chi connectivity index (χ3n) is 3.29. The smallest absolute Gasteiger partial charge is 0.140 e. The molecule has 0 spiro atoms. The highest BCUT2D eigenvalue weighted by Gasteiger charge is 2.25. The summed E-state index contributed by atoms with van der Waals surface area (Å²) in [7, 11) is 0. The van der Waals surface area contributed by atoms with E-state index >= 15 is 0 Å². The van der Waals surface area contributed by atoms with Crippen molar-refractivity contribution in [3.63, 3.8) is 0 Å². The van der Waals surface area contributed by atoms with E-state index in [1.54, 1.807) is 0 Å². The Morgan fingerprint density at radius 1 is 1.50 bits per heavy atom. The van der Waals surface area contributed by atoms with Gasteiger partial charge in [-0.05, 0) is 25.7 Å². The first-order chi connectivity index (χ1) is 7.67. The van der Waals surface area contributed by atoms with Gasteiger partial charge in [0.2, 0.25) is 0 Å². The van der Waals surface area contributed by atoms with E-state index in [9.17, 15) is 5.11 Å². The van der Waals surface area contributed by atoms with E-state index in [2.05, 4.69) is 10.5 Å². The molecule has 0 aromatic rings. The van der Waals surface area contributed by atoms with Gasteiger partial charge in [-0.1, -0.05) is 18.0 Å². The summed E-state index contributed by atoms with van der Waals surface area (Å²) in [6, 6.07) is 0.535. The first-order valence-corrected chi connectivity index (χ1v) is 6.00. The van der Waals surface area contributed by atoms with Gasteiger partial charge in [-0.25, -0.2) is 0 Å². The fourth-order valence-electron chi connectivity index (χ4n) is 2.42. The number of hydrogen-bond acceptors (Lipinski definition) is 4. The van der Waals surface area contributed by atoms with Gasteiger partial charge in [0.05, 0.1) is 0 Å². The van der Waals surface area contributed by atoms with Crippen molar-refractivity contribution in [3.8, 4) is 0 Å². The second-order valence-corrected chi connectivity index (χ2v) is 4.70. The van der Waals surface area contributed by atoms with Crippen LogP contribution >= 0.6 is 0 Å². The molecule has 0 amide bonds. The zero-order chi connectivity index (χ0) is 12.0. The first-order valence-electron chi connectivity index (χ1n) is 6.00. The molecule has 0 aromatic heterocycles. The van der Waals surface area contributed by atoms with Crippen LogP contribution < -0.4 is 11.1 Å². The Balaban J connectivity index is 2.38. The molecule has 16 heavy (non-hydrogen) atoms. The lowest BCUT2D eigenvalue weighted by Gasteiger charge is -2.33. The van der Waals surface area contributed by atoms with Gasteiger partial charge in [-0.3, -0.25) is 0 Å². The Labute approximate surface area is 96.7 Å². The van der Waals surface area contributed by atoms with Crippen molar-refractivity contribution in [1.29, 1.82) is 0 Å². The maximum atomic E-state index is 9.27. The van der Waals surface area contributed by atoms with Crippen LogP contribution in [0.4, 0.5) is 0 Å². The van der Waals surface area contributed by atoms with Crippen molar-refractivity contribution in [2.24, 2.45) is 16.8 Å². The molecule has 0 aliphatic heterocycles. The summed E-state index contributed by atoms with van der Waals surface area (Å²) in [6.45, 7) is 2.26. The van der Waals surface area contributed by atoms with Crippen LogP contribution in [0.15, 0.2) is 5.16 Å². The van der Waals surface area contributed by atoms with Crippen LogP contribution in [0.3, 0.4) is 0 Å². The number of nitrogens with zero attached hydrogens (tertiary/aromatic N) is 1. The van der Waals surface area contributed by atoms with Gasteiger partial charge in [0.25, 0.3) is 0 Å². The number of aliphatic hydroxyl groups is 1. The van der Waals surface area contributed by atoms with Gasteiger partial charge in [0, 0.05) is 25.1 Å².